The van der Waals surface area contributed by atoms with Crippen LogP contribution in [0.5, 0.6) is 0 Å². The molecule has 0 aromatic heterocycles. The number of aliphatic hydroxyl groups is 1. The van der Waals surface area contributed by atoms with E-state index in [0.29, 0.717) is 19.3 Å². The minimum absolute atomic E-state index is 0.131. The van der Waals surface area contributed by atoms with Crippen LogP contribution in [0, 0.1) is 0 Å². The SMILES string of the molecule is CC/C=C\C/C=C\C/C=C\C/C=C\CCCCCCC(=O)OC(COC(=O)CCCCCCC/C=C\C/C=C\CCC)COP(=O)(O)OCC(CO)OC(=O)CCCCCCCCC/C=C\C/C=C\C/C=C\CC. The Morgan fingerprint density at radius 3 is 1.08 bits per heavy atom. The second-order valence-corrected chi connectivity index (χ2v) is 20.1. The van der Waals surface area contributed by atoms with Gasteiger partial charge in [-0.15, -0.1) is 0 Å². The van der Waals surface area contributed by atoms with Gasteiger partial charge in [0.1, 0.15) is 12.7 Å². The summed E-state index contributed by atoms with van der Waals surface area (Å²) in [4.78, 5) is 48.5. The smallest absolute Gasteiger partial charge is 0.462 e. The van der Waals surface area contributed by atoms with Crippen LogP contribution in [0.4, 0.5) is 0 Å². The summed E-state index contributed by atoms with van der Waals surface area (Å²) in [5, 5.41) is 9.82. The first-order valence-corrected chi connectivity index (χ1v) is 30.3. The maximum Gasteiger partial charge on any atom is 0.472 e. The first-order valence-electron chi connectivity index (χ1n) is 28.8. The van der Waals surface area contributed by atoms with Crippen LogP contribution in [0.2, 0.25) is 0 Å². The number of esters is 3. The first kappa shape index (κ1) is 70.1. The molecule has 0 spiro atoms. The van der Waals surface area contributed by atoms with E-state index in [-0.39, 0.29) is 25.9 Å². The van der Waals surface area contributed by atoms with Crippen LogP contribution in [0.15, 0.2) is 109 Å². The molecule has 0 aromatic rings. The van der Waals surface area contributed by atoms with Crippen LogP contribution >= 0.6 is 7.82 Å². The number of unbranched alkanes of at least 4 members (excludes halogenated alkanes) is 17. The van der Waals surface area contributed by atoms with Crippen molar-refractivity contribution in [2.75, 3.05) is 26.4 Å². The number of allylic oxidation sites excluding steroid dienone is 18. The van der Waals surface area contributed by atoms with E-state index >= 15 is 0 Å². The standard InChI is InChI=1S/C62H103O11P/c1-4-7-10-13-16-19-22-25-27-29-31-34-37-40-43-46-49-52-61(65)72-58(54-63)56-70-74(67,68)71-57-59(55-69-60(64)51-48-45-42-39-36-33-24-21-18-15-12-9-6-3)73-62(66)53-50-47-44-41-38-35-32-30-28-26-23-20-17-14-11-8-5-2/h7-8,10-12,15-17,19-21,24-28,32,35,58-59,63H,4-6,9,13-14,18,22-23,29-31,33-34,36-57H2,1-3H3,(H,67,68)/b10-7-,11-8-,15-12-,19-16-,20-17-,24-21-,27-25-,28-26-,35-32-. The lowest BCUT2D eigenvalue weighted by Crippen LogP contribution is -2.30. The van der Waals surface area contributed by atoms with Crippen LogP contribution in [0.25, 0.3) is 0 Å². The van der Waals surface area contributed by atoms with Gasteiger partial charge in [0, 0.05) is 19.3 Å². The van der Waals surface area contributed by atoms with Crippen LogP contribution in [-0.4, -0.2) is 66.5 Å². The minimum atomic E-state index is -4.77. The molecule has 0 rings (SSSR count). The third kappa shape index (κ3) is 53.0. The molecule has 3 atom stereocenters. The zero-order valence-electron chi connectivity index (χ0n) is 46.5. The summed E-state index contributed by atoms with van der Waals surface area (Å²) in [5.41, 5.74) is 0. The van der Waals surface area contributed by atoms with E-state index in [1.54, 1.807) is 0 Å². The van der Waals surface area contributed by atoms with Crippen molar-refractivity contribution < 1.29 is 52.2 Å². The first-order chi connectivity index (χ1) is 36.2. The summed E-state index contributed by atoms with van der Waals surface area (Å²) >= 11 is 0. The maximum absolute atomic E-state index is 12.9. The Morgan fingerprint density at radius 2 is 0.703 bits per heavy atom. The van der Waals surface area contributed by atoms with Gasteiger partial charge in [0.05, 0.1) is 19.8 Å². The van der Waals surface area contributed by atoms with Gasteiger partial charge in [0.15, 0.2) is 6.10 Å². The fraction of sp³-hybridized carbons (Fsp3) is 0.661. The number of ether oxygens (including phenoxy) is 3. The van der Waals surface area contributed by atoms with Crippen LogP contribution in [0.1, 0.15) is 226 Å². The molecule has 0 amide bonds. The molecule has 0 heterocycles. The van der Waals surface area contributed by atoms with Gasteiger partial charge in [0.25, 0.3) is 0 Å². The van der Waals surface area contributed by atoms with Gasteiger partial charge in [-0.1, -0.05) is 201 Å². The molecule has 0 bridgehead atoms. The average molecular weight is 1060 g/mol. The van der Waals surface area contributed by atoms with Crippen molar-refractivity contribution in [3.05, 3.63) is 109 Å². The van der Waals surface area contributed by atoms with Crippen LogP contribution in [-0.2, 0) is 42.2 Å². The summed E-state index contributed by atoms with van der Waals surface area (Å²) in [7, 11) is -4.77. The number of carbonyl (C=O) groups is 3. The number of carbonyl (C=O) groups excluding carboxylic acids is 3. The fourth-order valence-corrected chi connectivity index (χ4v) is 8.12. The highest BCUT2D eigenvalue weighted by Gasteiger charge is 2.28. The quantitative estimate of drug-likeness (QED) is 0.0197. The number of hydrogen-bond donors (Lipinski definition) is 2. The Morgan fingerprint density at radius 1 is 0.392 bits per heavy atom. The van der Waals surface area contributed by atoms with Gasteiger partial charge >= 0.3 is 25.7 Å². The summed E-state index contributed by atoms with van der Waals surface area (Å²) in [6.07, 6.45) is 66.1. The number of phosphoric acid groups is 1. The molecule has 12 heteroatoms. The molecular formula is C62H103O11P. The number of aliphatic hydroxyl groups excluding tert-OH is 1. The Bertz CT molecular complexity index is 1660. The molecule has 2 N–H and O–H groups in total. The minimum Gasteiger partial charge on any atom is -0.462 e. The lowest BCUT2D eigenvalue weighted by atomic mass is 10.1. The largest absolute Gasteiger partial charge is 0.472 e. The molecule has 0 aromatic carbocycles. The van der Waals surface area contributed by atoms with E-state index in [1.807, 2.05) is 0 Å². The van der Waals surface area contributed by atoms with Crippen LogP contribution in [0.3, 0.4) is 0 Å². The van der Waals surface area contributed by atoms with E-state index < -0.39 is 57.8 Å². The van der Waals surface area contributed by atoms with Gasteiger partial charge in [-0.25, -0.2) is 4.57 Å². The number of rotatable bonds is 52. The van der Waals surface area contributed by atoms with E-state index in [1.165, 1.54) is 6.42 Å². The highest BCUT2D eigenvalue weighted by Crippen LogP contribution is 2.43. The molecule has 422 valence electrons. The van der Waals surface area contributed by atoms with Gasteiger partial charge in [-0.2, -0.15) is 0 Å². The van der Waals surface area contributed by atoms with Gasteiger partial charge in [0.2, 0.25) is 0 Å². The van der Waals surface area contributed by atoms with Crippen molar-refractivity contribution in [1.82, 2.24) is 0 Å². The highest BCUT2D eigenvalue weighted by atomic mass is 31.2. The maximum atomic E-state index is 12.9. The van der Waals surface area contributed by atoms with Crippen molar-refractivity contribution >= 4 is 25.7 Å². The summed E-state index contributed by atoms with van der Waals surface area (Å²) in [5.74, 6) is -1.53. The molecule has 74 heavy (non-hydrogen) atoms. The molecule has 3 unspecified atom stereocenters. The molecule has 11 nitrogen and oxygen atoms in total. The van der Waals surface area contributed by atoms with E-state index in [0.717, 1.165) is 161 Å². The van der Waals surface area contributed by atoms with E-state index in [2.05, 4.69) is 130 Å². The summed E-state index contributed by atoms with van der Waals surface area (Å²) in [6, 6.07) is 0. The zero-order chi connectivity index (χ0) is 54.1. The summed E-state index contributed by atoms with van der Waals surface area (Å²) in [6.45, 7) is 4.29. The number of phosphoric ester groups is 1. The predicted octanol–water partition coefficient (Wildman–Crippen LogP) is 17.0. The Labute approximate surface area is 450 Å². The second-order valence-electron chi connectivity index (χ2n) is 18.7. The van der Waals surface area contributed by atoms with Gasteiger partial charge < -0.3 is 24.2 Å². The Balaban J connectivity index is 4.77. The predicted molar refractivity (Wildman–Crippen MR) is 307 cm³/mol. The van der Waals surface area contributed by atoms with Crippen molar-refractivity contribution in [2.24, 2.45) is 0 Å². The molecule has 0 saturated carbocycles. The second kappa shape index (κ2) is 55.4. The molecule has 0 aliphatic heterocycles. The zero-order valence-corrected chi connectivity index (χ0v) is 47.4. The van der Waals surface area contributed by atoms with Crippen molar-refractivity contribution in [3.8, 4) is 0 Å². The third-order valence-corrected chi connectivity index (χ3v) is 12.6. The fourth-order valence-electron chi connectivity index (χ4n) is 7.34. The van der Waals surface area contributed by atoms with E-state index in [9.17, 15) is 28.9 Å². The monoisotopic (exact) mass is 1050 g/mol. The highest BCUT2D eigenvalue weighted by molar-refractivity contribution is 7.47. The Hall–Kier alpha value is -3.86. The average Bonchev–Trinajstić information content (AvgIpc) is 3.39. The topological polar surface area (TPSA) is 155 Å². The van der Waals surface area contributed by atoms with Gasteiger partial charge in [-0.05, 0) is 116 Å². The van der Waals surface area contributed by atoms with Crippen LogP contribution < -0.4 is 0 Å². The number of hydrogen-bond acceptors (Lipinski definition) is 10. The molecular weight excluding hydrogens is 952 g/mol. The normalized spacial score (nSPS) is 14.2. The molecule has 0 aliphatic carbocycles. The lowest BCUT2D eigenvalue weighted by Gasteiger charge is -2.21. The van der Waals surface area contributed by atoms with E-state index in [4.69, 9.17) is 23.3 Å². The summed E-state index contributed by atoms with van der Waals surface area (Å²) < 4.78 is 39.5. The Kier molecular flexibility index (Phi) is 52.5. The van der Waals surface area contributed by atoms with Crippen molar-refractivity contribution in [3.63, 3.8) is 0 Å². The van der Waals surface area contributed by atoms with Crippen molar-refractivity contribution in [1.29, 1.82) is 0 Å². The van der Waals surface area contributed by atoms with Gasteiger partial charge in [-0.3, -0.25) is 23.4 Å². The molecule has 0 fully saturated rings. The lowest BCUT2D eigenvalue weighted by molar-refractivity contribution is -0.161. The molecule has 0 aliphatic rings. The molecule has 0 radical (unpaired) electrons. The third-order valence-electron chi connectivity index (χ3n) is 11.6. The molecule has 0 saturated heterocycles. The van der Waals surface area contributed by atoms with Crippen molar-refractivity contribution in [2.45, 2.75) is 238 Å².